The lowest BCUT2D eigenvalue weighted by Gasteiger charge is -2.33. The topological polar surface area (TPSA) is 89.7 Å². The molecule has 1 aromatic heterocycles. The molecule has 1 N–H and O–H groups in total. The Morgan fingerprint density at radius 3 is 2.56 bits per heavy atom. The van der Waals surface area contributed by atoms with Crippen LogP contribution in [0, 0.1) is 12.8 Å². The third-order valence-electron chi connectivity index (χ3n) is 5.80. The van der Waals surface area contributed by atoms with Crippen molar-refractivity contribution in [2.24, 2.45) is 5.92 Å². The summed E-state index contributed by atoms with van der Waals surface area (Å²) < 4.78 is 15.9. The Balaban J connectivity index is 1.31. The molecule has 0 unspecified atom stereocenters. The zero-order valence-electron chi connectivity index (χ0n) is 18.6. The average Bonchev–Trinajstić information content (AvgIpc) is 3.31. The van der Waals surface area contributed by atoms with Gasteiger partial charge in [-0.2, -0.15) is 4.98 Å². The number of rotatable bonds is 7. The molecule has 2 aromatic carbocycles. The number of aryl methyl sites for hydroxylation is 1. The van der Waals surface area contributed by atoms with Crippen molar-refractivity contribution < 1.29 is 18.8 Å². The van der Waals surface area contributed by atoms with Crippen LogP contribution in [0.5, 0.6) is 11.5 Å². The van der Waals surface area contributed by atoms with Crippen LogP contribution < -0.4 is 19.7 Å². The number of aromatic nitrogens is 2. The minimum atomic E-state index is -0.0132. The van der Waals surface area contributed by atoms with Gasteiger partial charge in [0.1, 0.15) is 11.5 Å². The van der Waals surface area contributed by atoms with Gasteiger partial charge in [-0.25, -0.2) is 0 Å². The maximum Gasteiger partial charge on any atom is 0.246 e. The minimum absolute atomic E-state index is 0.0132. The molecule has 1 aliphatic rings. The predicted molar refractivity (Wildman–Crippen MR) is 121 cm³/mol. The molecule has 0 spiro atoms. The second-order valence-corrected chi connectivity index (χ2v) is 7.89. The van der Waals surface area contributed by atoms with E-state index in [-0.39, 0.29) is 18.4 Å². The van der Waals surface area contributed by atoms with Crippen LogP contribution in [-0.4, -0.2) is 43.4 Å². The fourth-order valence-electron chi connectivity index (χ4n) is 3.88. The molecule has 0 atom stereocenters. The molecule has 1 amide bonds. The predicted octanol–water partition coefficient (Wildman–Crippen LogP) is 3.60. The van der Waals surface area contributed by atoms with Gasteiger partial charge in [-0.3, -0.25) is 4.79 Å². The van der Waals surface area contributed by atoms with Crippen molar-refractivity contribution in [2.45, 2.75) is 26.3 Å². The van der Waals surface area contributed by atoms with Gasteiger partial charge in [0.2, 0.25) is 17.6 Å². The molecule has 0 radical (unpaired) electrons. The van der Waals surface area contributed by atoms with Gasteiger partial charge < -0.3 is 24.2 Å². The Labute approximate surface area is 187 Å². The fourth-order valence-corrected chi connectivity index (χ4v) is 3.88. The van der Waals surface area contributed by atoms with Crippen molar-refractivity contribution in [3.63, 3.8) is 0 Å². The smallest absolute Gasteiger partial charge is 0.246 e. The summed E-state index contributed by atoms with van der Waals surface area (Å²) in [5.41, 5.74) is 3.15. The number of ether oxygens (including phenoxy) is 2. The van der Waals surface area contributed by atoms with E-state index in [2.05, 4.69) is 51.5 Å². The summed E-state index contributed by atoms with van der Waals surface area (Å²) in [6.45, 7) is 4.01. The number of methoxy groups -OCH3 is 2. The number of nitrogens with zero attached hydrogens (tertiary/aromatic N) is 3. The molecular weight excluding hydrogens is 408 g/mol. The molecular formula is C24H28N4O4. The van der Waals surface area contributed by atoms with E-state index >= 15 is 0 Å². The van der Waals surface area contributed by atoms with E-state index in [1.807, 2.05) is 6.07 Å². The van der Waals surface area contributed by atoms with Gasteiger partial charge in [-0.1, -0.05) is 22.9 Å². The Morgan fingerprint density at radius 2 is 1.88 bits per heavy atom. The SMILES string of the molecule is COc1ccc(-c2noc(CNC(=O)C3CCN(c4ccc(C)cc4)CC3)n2)c(OC)c1. The summed E-state index contributed by atoms with van der Waals surface area (Å²) in [6, 6.07) is 13.9. The maximum absolute atomic E-state index is 12.7. The maximum atomic E-state index is 12.7. The van der Waals surface area contributed by atoms with Gasteiger partial charge in [0.15, 0.2) is 0 Å². The van der Waals surface area contributed by atoms with Crippen molar-refractivity contribution in [3.05, 3.63) is 53.9 Å². The van der Waals surface area contributed by atoms with Crippen LogP contribution in [0.15, 0.2) is 47.0 Å². The van der Waals surface area contributed by atoms with E-state index in [1.165, 1.54) is 11.3 Å². The molecule has 0 saturated carbocycles. The van der Waals surface area contributed by atoms with E-state index in [0.29, 0.717) is 28.8 Å². The number of piperidine rings is 1. The summed E-state index contributed by atoms with van der Waals surface area (Å²) in [6.07, 6.45) is 1.63. The van der Waals surface area contributed by atoms with Gasteiger partial charge in [0, 0.05) is 30.8 Å². The Morgan fingerprint density at radius 1 is 1.12 bits per heavy atom. The van der Waals surface area contributed by atoms with E-state index in [4.69, 9.17) is 14.0 Å². The summed E-state index contributed by atoms with van der Waals surface area (Å²) in [5, 5.41) is 6.96. The number of anilines is 1. The summed E-state index contributed by atoms with van der Waals surface area (Å²) in [4.78, 5) is 19.4. The first kappa shape index (κ1) is 21.7. The second kappa shape index (κ2) is 9.72. The number of carbonyl (C=O) groups is 1. The van der Waals surface area contributed by atoms with Crippen LogP contribution in [0.2, 0.25) is 0 Å². The summed E-state index contributed by atoms with van der Waals surface area (Å²) in [5.74, 6) is 2.02. The molecule has 8 nitrogen and oxygen atoms in total. The zero-order chi connectivity index (χ0) is 22.5. The van der Waals surface area contributed by atoms with Gasteiger partial charge in [-0.05, 0) is 44.0 Å². The van der Waals surface area contributed by atoms with Gasteiger partial charge in [0.25, 0.3) is 0 Å². The highest BCUT2D eigenvalue weighted by Crippen LogP contribution is 2.31. The van der Waals surface area contributed by atoms with Crippen LogP contribution in [-0.2, 0) is 11.3 Å². The van der Waals surface area contributed by atoms with Crippen LogP contribution in [0.3, 0.4) is 0 Å². The molecule has 1 aliphatic heterocycles. The molecule has 168 valence electrons. The molecule has 1 fully saturated rings. The molecule has 3 aromatic rings. The quantitative estimate of drug-likeness (QED) is 0.605. The van der Waals surface area contributed by atoms with Gasteiger partial charge in [0.05, 0.1) is 26.3 Å². The van der Waals surface area contributed by atoms with Crippen molar-refractivity contribution in [1.82, 2.24) is 15.5 Å². The number of carbonyl (C=O) groups excluding carboxylic acids is 1. The number of benzene rings is 2. The van der Waals surface area contributed by atoms with Crippen LogP contribution in [0.25, 0.3) is 11.4 Å². The largest absolute Gasteiger partial charge is 0.497 e. The van der Waals surface area contributed by atoms with E-state index in [9.17, 15) is 4.79 Å². The minimum Gasteiger partial charge on any atom is -0.497 e. The monoisotopic (exact) mass is 436 g/mol. The Bertz CT molecular complexity index is 1060. The van der Waals surface area contributed by atoms with Gasteiger partial charge in [-0.15, -0.1) is 0 Å². The summed E-state index contributed by atoms with van der Waals surface area (Å²) >= 11 is 0. The lowest BCUT2D eigenvalue weighted by Crippen LogP contribution is -2.40. The van der Waals surface area contributed by atoms with Gasteiger partial charge >= 0.3 is 0 Å². The molecule has 8 heteroatoms. The number of amides is 1. The molecule has 0 aliphatic carbocycles. The van der Waals surface area contributed by atoms with E-state index in [1.54, 1.807) is 26.4 Å². The molecule has 0 bridgehead atoms. The van der Waals surface area contributed by atoms with Crippen molar-refractivity contribution in [1.29, 1.82) is 0 Å². The highest BCUT2D eigenvalue weighted by atomic mass is 16.5. The molecule has 2 heterocycles. The lowest BCUT2D eigenvalue weighted by atomic mass is 9.95. The number of nitrogens with one attached hydrogen (secondary N) is 1. The van der Waals surface area contributed by atoms with Crippen LogP contribution in [0.4, 0.5) is 5.69 Å². The molecule has 4 rings (SSSR count). The second-order valence-electron chi connectivity index (χ2n) is 7.89. The van der Waals surface area contributed by atoms with E-state index in [0.717, 1.165) is 25.9 Å². The highest BCUT2D eigenvalue weighted by molar-refractivity contribution is 5.79. The van der Waals surface area contributed by atoms with Crippen molar-refractivity contribution >= 4 is 11.6 Å². The molecule has 1 saturated heterocycles. The first-order valence-electron chi connectivity index (χ1n) is 10.7. The van der Waals surface area contributed by atoms with Crippen molar-refractivity contribution in [2.75, 3.05) is 32.2 Å². The average molecular weight is 437 g/mol. The van der Waals surface area contributed by atoms with Crippen LogP contribution in [0.1, 0.15) is 24.3 Å². The third kappa shape index (κ3) is 4.85. The normalized spacial score (nSPS) is 14.3. The zero-order valence-corrected chi connectivity index (χ0v) is 18.6. The fraction of sp³-hybridized carbons (Fsp3) is 0.375. The standard InChI is InChI=1S/C24H28N4O4/c1-16-4-6-18(7-5-16)28-12-10-17(11-13-28)24(29)25-15-22-26-23(27-32-22)20-9-8-19(30-2)14-21(20)31-3/h4-9,14,17H,10-13,15H2,1-3H3,(H,25,29). The number of hydrogen-bond donors (Lipinski definition) is 1. The lowest BCUT2D eigenvalue weighted by molar-refractivity contribution is -0.125. The Kier molecular flexibility index (Phi) is 6.58. The van der Waals surface area contributed by atoms with Crippen molar-refractivity contribution in [3.8, 4) is 22.9 Å². The summed E-state index contributed by atoms with van der Waals surface area (Å²) in [7, 11) is 3.17. The Hall–Kier alpha value is -3.55. The first-order chi connectivity index (χ1) is 15.6. The number of hydrogen-bond acceptors (Lipinski definition) is 7. The van der Waals surface area contributed by atoms with Crippen LogP contribution >= 0.6 is 0 Å². The molecule has 32 heavy (non-hydrogen) atoms. The third-order valence-corrected chi connectivity index (χ3v) is 5.80. The van der Waals surface area contributed by atoms with E-state index < -0.39 is 0 Å². The highest BCUT2D eigenvalue weighted by Gasteiger charge is 2.25. The first-order valence-corrected chi connectivity index (χ1v) is 10.7.